The summed E-state index contributed by atoms with van der Waals surface area (Å²) in [5.74, 6) is -0.758. The minimum absolute atomic E-state index is 0.175. The number of methoxy groups -OCH3 is 2. The lowest BCUT2D eigenvalue weighted by Crippen LogP contribution is -2.32. The molecule has 0 aliphatic rings. The number of nitrogens with zero attached hydrogens (tertiary/aromatic N) is 1. The average molecular weight is 270 g/mol. The number of rotatable bonds is 6. The summed E-state index contributed by atoms with van der Waals surface area (Å²) >= 11 is 0. The van der Waals surface area contributed by atoms with Crippen LogP contribution in [0.3, 0.4) is 0 Å². The van der Waals surface area contributed by atoms with Gasteiger partial charge in [-0.15, -0.1) is 0 Å². The second-order valence-corrected chi connectivity index (χ2v) is 3.74. The number of carboxylic acids is 1. The first-order chi connectivity index (χ1) is 8.90. The van der Waals surface area contributed by atoms with Gasteiger partial charge in [0.1, 0.15) is 6.04 Å². The highest BCUT2D eigenvalue weighted by atomic mass is 16.6. The van der Waals surface area contributed by atoms with E-state index in [-0.39, 0.29) is 29.2 Å². The first-order valence-corrected chi connectivity index (χ1v) is 5.28. The van der Waals surface area contributed by atoms with E-state index >= 15 is 0 Å². The van der Waals surface area contributed by atoms with Crippen LogP contribution in [0.15, 0.2) is 12.1 Å². The molecule has 0 aromatic heterocycles. The predicted molar refractivity (Wildman–Crippen MR) is 65.5 cm³/mol. The Morgan fingerprint density at radius 2 is 1.95 bits per heavy atom. The third kappa shape index (κ3) is 3.32. The summed E-state index contributed by atoms with van der Waals surface area (Å²) < 4.78 is 9.98. The van der Waals surface area contributed by atoms with E-state index in [0.717, 1.165) is 0 Å². The Labute approximate surface area is 108 Å². The number of ether oxygens (including phenoxy) is 2. The maximum Gasteiger partial charge on any atom is 0.320 e. The molecule has 8 heteroatoms. The molecule has 1 unspecified atom stereocenters. The minimum Gasteiger partial charge on any atom is -0.493 e. The molecule has 19 heavy (non-hydrogen) atoms. The van der Waals surface area contributed by atoms with Gasteiger partial charge in [0, 0.05) is 12.0 Å². The molecule has 0 radical (unpaired) electrons. The van der Waals surface area contributed by atoms with Crippen molar-refractivity contribution in [2.45, 2.75) is 12.5 Å². The van der Waals surface area contributed by atoms with E-state index in [2.05, 4.69) is 0 Å². The molecule has 3 N–H and O–H groups in total. The highest BCUT2D eigenvalue weighted by molar-refractivity contribution is 5.74. The van der Waals surface area contributed by atoms with Crippen molar-refractivity contribution < 1.29 is 24.3 Å². The van der Waals surface area contributed by atoms with Gasteiger partial charge in [-0.2, -0.15) is 0 Å². The molecule has 0 amide bonds. The predicted octanol–water partition coefficient (Wildman–Crippen LogP) is 0.566. The summed E-state index contributed by atoms with van der Waals surface area (Å²) in [4.78, 5) is 21.1. The quantitative estimate of drug-likeness (QED) is 0.571. The van der Waals surface area contributed by atoms with E-state index in [0.29, 0.717) is 0 Å². The molecule has 0 aliphatic carbocycles. The highest BCUT2D eigenvalue weighted by Crippen LogP contribution is 2.34. The van der Waals surface area contributed by atoms with Gasteiger partial charge >= 0.3 is 5.97 Å². The Kier molecular flexibility index (Phi) is 4.65. The molecule has 0 fully saturated rings. The van der Waals surface area contributed by atoms with E-state index in [9.17, 15) is 14.9 Å². The molecule has 0 saturated heterocycles. The van der Waals surface area contributed by atoms with E-state index in [1.165, 1.54) is 26.4 Å². The van der Waals surface area contributed by atoms with Crippen molar-refractivity contribution in [2.24, 2.45) is 5.73 Å². The van der Waals surface area contributed by atoms with Gasteiger partial charge in [-0.1, -0.05) is 0 Å². The van der Waals surface area contributed by atoms with Crippen LogP contribution in [-0.4, -0.2) is 36.3 Å². The fourth-order valence-electron chi connectivity index (χ4n) is 1.57. The molecular formula is C11H14N2O6. The zero-order valence-corrected chi connectivity index (χ0v) is 10.5. The van der Waals surface area contributed by atoms with Crippen LogP contribution in [0, 0.1) is 10.1 Å². The number of aliphatic carboxylic acids is 1. The third-order valence-corrected chi connectivity index (χ3v) is 2.54. The standard InChI is InChI=1S/C11H14N2O6/c1-18-9-4-6(3-7(12)11(14)15)8(13(16)17)5-10(9)19-2/h4-5,7H,3,12H2,1-2H3,(H,14,15). The van der Waals surface area contributed by atoms with Gasteiger partial charge in [0.15, 0.2) is 11.5 Å². The van der Waals surface area contributed by atoms with Crippen molar-refractivity contribution in [2.75, 3.05) is 14.2 Å². The number of carboxylic acid groups (broad SMARTS) is 1. The Hall–Kier alpha value is -2.35. The lowest BCUT2D eigenvalue weighted by Gasteiger charge is -2.12. The SMILES string of the molecule is COc1cc(CC(N)C(=O)O)c([N+](=O)[O-])cc1OC. The molecule has 0 heterocycles. The minimum atomic E-state index is -1.23. The summed E-state index contributed by atoms with van der Waals surface area (Å²) in [6.45, 7) is 0. The maximum absolute atomic E-state index is 11.0. The number of nitro groups is 1. The molecule has 8 nitrogen and oxygen atoms in total. The van der Waals surface area contributed by atoms with Gasteiger partial charge in [0.05, 0.1) is 25.2 Å². The topological polar surface area (TPSA) is 125 Å². The van der Waals surface area contributed by atoms with Crippen LogP contribution >= 0.6 is 0 Å². The maximum atomic E-state index is 11.0. The molecule has 1 atom stereocenters. The van der Waals surface area contributed by atoms with Crippen molar-refractivity contribution in [1.29, 1.82) is 0 Å². The molecule has 1 rings (SSSR count). The van der Waals surface area contributed by atoms with E-state index in [4.69, 9.17) is 20.3 Å². The Morgan fingerprint density at radius 1 is 1.42 bits per heavy atom. The third-order valence-electron chi connectivity index (χ3n) is 2.54. The summed E-state index contributed by atoms with van der Waals surface area (Å²) in [7, 11) is 2.73. The number of benzene rings is 1. The Bertz CT molecular complexity index is 502. The molecular weight excluding hydrogens is 256 g/mol. The monoisotopic (exact) mass is 270 g/mol. The Balaban J connectivity index is 3.27. The number of nitrogens with two attached hydrogens (primary N) is 1. The summed E-state index contributed by atoms with van der Waals surface area (Å²) in [6, 6.07) is 1.32. The van der Waals surface area contributed by atoms with Crippen molar-refractivity contribution in [3.05, 3.63) is 27.8 Å². The van der Waals surface area contributed by atoms with Crippen LogP contribution in [0.1, 0.15) is 5.56 Å². The number of hydrogen-bond donors (Lipinski definition) is 2. The lowest BCUT2D eigenvalue weighted by molar-refractivity contribution is -0.385. The number of nitro benzene ring substituents is 1. The summed E-state index contributed by atoms with van der Waals surface area (Å²) in [5, 5.41) is 19.7. The zero-order chi connectivity index (χ0) is 14.6. The number of hydrogen-bond acceptors (Lipinski definition) is 6. The van der Waals surface area contributed by atoms with E-state index < -0.39 is 16.9 Å². The summed E-state index contributed by atoms with van der Waals surface area (Å²) in [6.07, 6.45) is -0.175. The fraction of sp³-hybridized carbons (Fsp3) is 0.364. The smallest absolute Gasteiger partial charge is 0.320 e. The molecule has 0 bridgehead atoms. The largest absolute Gasteiger partial charge is 0.493 e. The van der Waals surface area contributed by atoms with Gasteiger partial charge in [-0.05, 0) is 6.07 Å². The molecule has 1 aromatic carbocycles. The van der Waals surface area contributed by atoms with Crippen LogP contribution in [0.5, 0.6) is 11.5 Å². The second-order valence-electron chi connectivity index (χ2n) is 3.74. The fourth-order valence-corrected chi connectivity index (χ4v) is 1.57. The van der Waals surface area contributed by atoms with E-state index in [1.54, 1.807) is 0 Å². The van der Waals surface area contributed by atoms with Gasteiger partial charge in [0.25, 0.3) is 5.69 Å². The first-order valence-electron chi connectivity index (χ1n) is 5.28. The molecule has 0 aliphatic heterocycles. The Morgan fingerprint density at radius 3 is 2.37 bits per heavy atom. The first kappa shape index (κ1) is 14.7. The lowest BCUT2D eigenvalue weighted by atomic mass is 10.0. The van der Waals surface area contributed by atoms with Gasteiger partial charge in [-0.3, -0.25) is 14.9 Å². The van der Waals surface area contributed by atoms with Crippen molar-refractivity contribution in [3.8, 4) is 11.5 Å². The molecule has 0 saturated carbocycles. The van der Waals surface area contributed by atoms with Gasteiger partial charge in [0.2, 0.25) is 0 Å². The normalized spacial score (nSPS) is 11.7. The summed E-state index contributed by atoms with van der Waals surface area (Å²) in [5.41, 5.74) is 5.31. The number of carbonyl (C=O) groups is 1. The van der Waals surface area contributed by atoms with Crippen LogP contribution in [0.2, 0.25) is 0 Å². The second kappa shape index (κ2) is 6.01. The van der Waals surface area contributed by atoms with Crippen LogP contribution in [-0.2, 0) is 11.2 Å². The van der Waals surface area contributed by atoms with Gasteiger partial charge < -0.3 is 20.3 Å². The van der Waals surface area contributed by atoms with Crippen molar-refractivity contribution in [1.82, 2.24) is 0 Å². The van der Waals surface area contributed by atoms with Crippen LogP contribution < -0.4 is 15.2 Å². The van der Waals surface area contributed by atoms with E-state index in [1.807, 2.05) is 0 Å². The molecule has 1 aromatic rings. The van der Waals surface area contributed by atoms with Crippen LogP contribution in [0.25, 0.3) is 0 Å². The van der Waals surface area contributed by atoms with Crippen molar-refractivity contribution in [3.63, 3.8) is 0 Å². The highest BCUT2D eigenvalue weighted by Gasteiger charge is 2.23. The molecule has 104 valence electrons. The zero-order valence-electron chi connectivity index (χ0n) is 10.5. The average Bonchev–Trinajstić information content (AvgIpc) is 2.37. The van der Waals surface area contributed by atoms with Crippen molar-refractivity contribution >= 4 is 11.7 Å². The van der Waals surface area contributed by atoms with Crippen LogP contribution in [0.4, 0.5) is 5.69 Å². The molecule has 0 spiro atoms. The van der Waals surface area contributed by atoms with Gasteiger partial charge in [-0.25, -0.2) is 0 Å².